The van der Waals surface area contributed by atoms with E-state index in [4.69, 9.17) is 0 Å². The molecule has 2 unspecified atom stereocenters. The van der Waals surface area contributed by atoms with Gasteiger partial charge < -0.3 is 10.2 Å². The summed E-state index contributed by atoms with van der Waals surface area (Å²) in [6.45, 7) is 9.33. The molecule has 0 radical (unpaired) electrons. The van der Waals surface area contributed by atoms with Crippen LogP contribution in [0.4, 0.5) is 0 Å². The predicted molar refractivity (Wildman–Crippen MR) is 61.7 cm³/mol. The molecule has 1 heterocycles. The van der Waals surface area contributed by atoms with Gasteiger partial charge in [0.05, 0.1) is 0 Å². The van der Waals surface area contributed by atoms with Crippen molar-refractivity contribution in [1.82, 2.24) is 15.1 Å². The summed E-state index contributed by atoms with van der Waals surface area (Å²) in [6, 6.07) is 1.40. The topological polar surface area (TPSA) is 18.5 Å². The first-order valence-corrected chi connectivity index (χ1v) is 5.72. The molecular weight excluding hydrogens is 174 g/mol. The van der Waals surface area contributed by atoms with Crippen molar-refractivity contribution >= 4 is 0 Å². The van der Waals surface area contributed by atoms with Crippen molar-refractivity contribution in [2.24, 2.45) is 0 Å². The van der Waals surface area contributed by atoms with Gasteiger partial charge in [-0.15, -0.1) is 0 Å². The predicted octanol–water partition coefficient (Wildman–Crippen LogP) is 0.620. The lowest BCUT2D eigenvalue weighted by atomic mass is 10.1. The number of hydrogen-bond acceptors (Lipinski definition) is 3. The van der Waals surface area contributed by atoms with Crippen LogP contribution in [-0.2, 0) is 0 Å². The zero-order valence-electron chi connectivity index (χ0n) is 10.1. The second-order valence-electron chi connectivity index (χ2n) is 4.73. The van der Waals surface area contributed by atoms with Crippen molar-refractivity contribution in [2.45, 2.75) is 32.4 Å². The van der Waals surface area contributed by atoms with E-state index < -0.39 is 0 Å². The second-order valence-corrected chi connectivity index (χ2v) is 4.73. The molecule has 0 saturated carbocycles. The van der Waals surface area contributed by atoms with Gasteiger partial charge in [0.1, 0.15) is 0 Å². The van der Waals surface area contributed by atoms with Crippen LogP contribution in [0.3, 0.4) is 0 Å². The summed E-state index contributed by atoms with van der Waals surface area (Å²) < 4.78 is 0. The highest BCUT2D eigenvalue weighted by molar-refractivity contribution is 4.80. The highest BCUT2D eigenvalue weighted by Crippen LogP contribution is 2.10. The maximum absolute atomic E-state index is 3.49. The summed E-state index contributed by atoms with van der Waals surface area (Å²) >= 11 is 0. The van der Waals surface area contributed by atoms with Gasteiger partial charge in [-0.1, -0.05) is 0 Å². The number of likely N-dealkylation sites (N-methyl/N-ethyl adjacent to an activating group) is 1. The summed E-state index contributed by atoms with van der Waals surface area (Å²) in [5, 5.41) is 3.49. The molecule has 14 heavy (non-hydrogen) atoms. The monoisotopic (exact) mass is 199 g/mol. The Labute approximate surface area is 88.5 Å². The fraction of sp³-hybridized carbons (Fsp3) is 1.00. The fourth-order valence-corrected chi connectivity index (χ4v) is 2.10. The van der Waals surface area contributed by atoms with E-state index in [1.807, 2.05) is 0 Å². The van der Waals surface area contributed by atoms with Crippen molar-refractivity contribution in [3.05, 3.63) is 0 Å². The Kier molecular flexibility index (Phi) is 4.85. The summed E-state index contributed by atoms with van der Waals surface area (Å²) in [5.41, 5.74) is 0. The van der Waals surface area contributed by atoms with Crippen LogP contribution in [0.1, 0.15) is 20.3 Å². The molecule has 0 aliphatic carbocycles. The highest BCUT2D eigenvalue weighted by atomic mass is 15.2. The van der Waals surface area contributed by atoms with Gasteiger partial charge in [0.15, 0.2) is 0 Å². The van der Waals surface area contributed by atoms with Gasteiger partial charge in [-0.05, 0) is 40.9 Å². The molecule has 0 spiro atoms. The molecular formula is C11H25N3. The van der Waals surface area contributed by atoms with E-state index in [2.05, 4.69) is 43.1 Å². The Hall–Kier alpha value is -0.120. The molecule has 1 fully saturated rings. The van der Waals surface area contributed by atoms with Gasteiger partial charge in [-0.3, -0.25) is 4.90 Å². The Bertz CT molecular complexity index is 147. The largest absolute Gasteiger partial charge is 0.315 e. The van der Waals surface area contributed by atoms with E-state index in [-0.39, 0.29) is 0 Å². The normalized spacial score (nSPS) is 30.6. The number of nitrogens with one attached hydrogen (secondary N) is 1. The lowest BCUT2D eigenvalue weighted by molar-refractivity contribution is 0.149. The van der Waals surface area contributed by atoms with Crippen LogP contribution < -0.4 is 5.32 Å². The van der Waals surface area contributed by atoms with Crippen LogP contribution >= 0.6 is 0 Å². The minimum absolute atomic E-state index is 0.674. The molecule has 1 aliphatic rings. The summed E-state index contributed by atoms with van der Waals surface area (Å²) in [5.74, 6) is 0. The van der Waals surface area contributed by atoms with Crippen LogP contribution in [0.2, 0.25) is 0 Å². The lowest BCUT2D eigenvalue weighted by Gasteiger charge is -2.32. The van der Waals surface area contributed by atoms with Crippen molar-refractivity contribution in [3.63, 3.8) is 0 Å². The van der Waals surface area contributed by atoms with Crippen LogP contribution in [-0.4, -0.2) is 62.2 Å². The minimum atomic E-state index is 0.674. The van der Waals surface area contributed by atoms with Crippen molar-refractivity contribution in [3.8, 4) is 0 Å². The molecule has 3 nitrogen and oxygen atoms in total. The number of nitrogens with zero attached hydrogens (tertiary/aromatic N) is 2. The quantitative estimate of drug-likeness (QED) is 0.719. The van der Waals surface area contributed by atoms with Crippen LogP contribution in [0.5, 0.6) is 0 Å². The molecule has 0 amide bonds. The van der Waals surface area contributed by atoms with Gasteiger partial charge in [-0.2, -0.15) is 0 Å². The van der Waals surface area contributed by atoms with Crippen LogP contribution in [0, 0.1) is 0 Å². The van der Waals surface area contributed by atoms with Crippen LogP contribution in [0.15, 0.2) is 0 Å². The SMILES string of the molecule is CC1CCNCC(C)N1CCN(C)C. The van der Waals surface area contributed by atoms with Gasteiger partial charge in [0, 0.05) is 31.7 Å². The zero-order valence-corrected chi connectivity index (χ0v) is 10.1. The maximum atomic E-state index is 3.49. The van der Waals surface area contributed by atoms with E-state index in [0.717, 1.165) is 19.1 Å². The molecule has 1 N–H and O–H groups in total. The smallest absolute Gasteiger partial charge is 0.0195 e. The van der Waals surface area contributed by atoms with E-state index >= 15 is 0 Å². The molecule has 0 aromatic heterocycles. The van der Waals surface area contributed by atoms with Gasteiger partial charge in [0.25, 0.3) is 0 Å². The lowest BCUT2D eigenvalue weighted by Crippen LogP contribution is -2.44. The Morgan fingerprint density at radius 3 is 2.64 bits per heavy atom. The molecule has 84 valence electrons. The highest BCUT2D eigenvalue weighted by Gasteiger charge is 2.22. The van der Waals surface area contributed by atoms with E-state index in [9.17, 15) is 0 Å². The zero-order chi connectivity index (χ0) is 10.6. The standard InChI is InChI=1S/C11H25N3/c1-10-5-6-12-9-11(2)14(10)8-7-13(3)4/h10-12H,5-9H2,1-4H3. The van der Waals surface area contributed by atoms with Gasteiger partial charge in [-0.25, -0.2) is 0 Å². The average Bonchev–Trinajstić information content (AvgIpc) is 2.25. The molecule has 0 aromatic carbocycles. The molecule has 2 atom stereocenters. The molecule has 1 aliphatic heterocycles. The second kappa shape index (κ2) is 5.69. The summed E-state index contributed by atoms with van der Waals surface area (Å²) in [4.78, 5) is 4.89. The molecule has 0 bridgehead atoms. The van der Waals surface area contributed by atoms with E-state index in [0.29, 0.717) is 6.04 Å². The molecule has 1 rings (SSSR count). The third-order valence-corrected chi connectivity index (χ3v) is 3.12. The summed E-state index contributed by atoms with van der Waals surface area (Å²) in [7, 11) is 4.29. The first kappa shape index (κ1) is 12.0. The fourth-order valence-electron chi connectivity index (χ4n) is 2.10. The first-order chi connectivity index (χ1) is 6.61. The van der Waals surface area contributed by atoms with Crippen molar-refractivity contribution < 1.29 is 0 Å². The molecule has 1 saturated heterocycles. The van der Waals surface area contributed by atoms with E-state index in [1.165, 1.54) is 19.5 Å². The van der Waals surface area contributed by atoms with Gasteiger partial charge >= 0.3 is 0 Å². The number of rotatable bonds is 3. The Balaban J connectivity index is 2.43. The summed E-state index contributed by atoms with van der Waals surface area (Å²) in [6.07, 6.45) is 1.28. The van der Waals surface area contributed by atoms with E-state index in [1.54, 1.807) is 0 Å². The maximum Gasteiger partial charge on any atom is 0.0195 e. The third kappa shape index (κ3) is 3.56. The average molecular weight is 199 g/mol. The molecule has 3 heteroatoms. The van der Waals surface area contributed by atoms with Crippen molar-refractivity contribution in [2.75, 3.05) is 40.3 Å². The minimum Gasteiger partial charge on any atom is -0.315 e. The third-order valence-electron chi connectivity index (χ3n) is 3.12. The Morgan fingerprint density at radius 1 is 1.29 bits per heavy atom. The Morgan fingerprint density at radius 2 is 2.00 bits per heavy atom. The number of hydrogen-bond donors (Lipinski definition) is 1. The van der Waals surface area contributed by atoms with Crippen LogP contribution in [0.25, 0.3) is 0 Å². The molecule has 0 aromatic rings. The van der Waals surface area contributed by atoms with Gasteiger partial charge in [0.2, 0.25) is 0 Å². The first-order valence-electron chi connectivity index (χ1n) is 5.72. The van der Waals surface area contributed by atoms with Crippen molar-refractivity contribution in [1.29, 1.82) is 0 Å².